The van der Waals surface area contributed by atoms with Crippen LogP contribution in [-0.4, -0.2) is 29.2 Å². The predicted molar refractivity (Wildman–Crippen MR) is 23.8 cm³/mol. The lowest BCUT2D eigenvalue weighted by Crippen LogP contribution is -2.11. The van der Waals surface area contributed by atoms with Gasteiger partial charge in [0.1, 0.15) is 6.29 Å². The van der Waals surface area contributed by atoms with Crippen molar-refractivity contribution < 1.29 is 15.0 Å². The standard InChI is InChI=1S/C4H8O3/c5-2-1-4(7)3-6/h2,4,6-7H,1,3H2. The molecule has 42 valence electrons. The van der Waals surface area contributed by atoms with E-state index in [1.807, 2.05) is 0 Å². The molecule has 0 heterocycles. The summed E-state index contributed by atoms with van der Waals surface area (Å²) in [6.07, 6.45) is -0.269. The maximum absolute atomic E-state index is 9.50. The molecule has 0 aliphatic carbocycles. The second-order valence-electron chi connectivity index (χ2n) is 1.24. The van der Waals surface area contributed by atoms with Gasteiger partial charge in [-0.3, -0.25) is 0 Å². The first-order valence-corrected chi connectivity index (χ1v) is 2.03. The molecule has 0 rings (SSSR count). The summed E-state index contributed by atoms with van der Waals surface area (Å²) in [7, 11) is 0. The van der Waals surface area contributed by atoms with E-state index >= 15 is 0 Å². The van der Waals surface area contributed by atoms with E-state index in [-0.39, 0.29) is 13.0 Å². The van der Waals surface area contributed by atoms with Gasteiger partial charge in [-0.05, 0) is 0 Å². The van der Waals surface area contributed by atoms with Gasteiger partial charge in [0.25, 0.3) is 0 Å². The summed E-state index contributed by atoms with van der Waals surface area (Å²) in [4.78, 5) is 9.50. The molecule has 0 amide bonds. The first kappa shape index (κ1) is 6.59. The summed E-state index contributed by atoms with van der Waals surface area (Å²) < 4.78 is 0. The normalized spacial score (nSPS) is 13.4. The lowest BCUT2D eigenvalue weighted by atomic mass is 10.3. The van der Waals surface area contributed by atoms with Crippen LogP contribution in [-0.2, 0) is 4.79 Å². The molecule has 0 spiro atoms. The Morgan fingerprint density at radius 1 is 1.71 bits per heavy atom. The number of aldehydes is 1. The molecule has 2 N–H and O–H groups in total. The first-order chi connectivity index (χ1) is 3.31. The average Bonchev–Trinajstić information content (AvgIpc) is 1.68. The van der Waals surface area contributed by atoms with Crippen molar-refractivity contribution >= 4 is 6.29 Å². The smallest absolute Gasteiger partial charge is 0.122 e. The number of aliphatic hydroxyl groups excluding tert-OH is 2. The first-order valence-electron chi connectivity index (χ1n) is 2.03. The Morgan fingerprint density at radius 2 is 2.29 bits per heavy atom. The van der Waals surface area contributed by atoms with E-state index in [9.17, 15) is 4.79 Å². The summed E-state index contributed by atoms with van der Waals surface area (Å²) in [5.41, 5.74) is 0. The average molecular weight is 104 g/mol. The lowest BCUT2D eigenvalue weighted by molar-refractivity contribution is -0.110. The molecule has 0 aromatic rings. The largest absolute Gasteiger partial charge is 0.394 e. The predicted octanol–water partition coefficient (Wildman–Crippen LogP) is -1.07. The minimum absolute atomic E-state index is 0.0243. The number of hydrogen-bond donors (Lipinski definition) is 2. The Hall–Kier alpha value is -0.410. The van der Waals surface area contributed by atoms with Gasteiger partial charge in [-0.25, -0.2) is 0 Å². The third-order valence-corrected chi connectivity index (χ3v) is 0.579. The van der Waals surface area contributed by atoms with E-state index in [2.05, 4.69) is 0 Å². The van der Waals surface area contributed by atoms with Gasteiger partial charge in [-0.1, -0.05) is 0 Å². The molecular formula is C4H8O3. The van der Waals surface area contributed by atoms with Crippen LogP contribution in [0.3, 0.4) is 0 Å². The Kier molecular flexibility index (Phi) is 3.55. The minimum Gasteiger partial charge on any atom is -0.394 e. The van der Waals surface area contributed by atoms with Gasteiger partial charge in [0.2, 0.25) is 0 Å². The minimum atomic E-state index is -0.863. The zero-order valence-corrected chi connectivity index (χ0v) is 3.87. The van der Waals surface area contributed by atoms with Gasteiger partial charge in [-0.2, -0.15) is 0 Å². The molecule has 0 aliphatic heterocycles. The summed E-state index contributed by atoms with van der Waals surface area (Å²) in [5.74, 6) is 0. The molecule has 0 saturated carbocycles. The molecule has 3 nitrogen and oxygen atoms in total. The van der Waals surface area contributed by atoms with Crippen LogP contribution in [0.2, 0.25) is 0 Å². The van der Waals surface area contributed by atoms with Crippen LogP contribution in [0, 0.1) is 0 Å². The summed E-state index contributed by atoms with van der Waals surface area (Å²) in [6.45, 7) is -0.335. The number of carbonyl (C=O) groups excluding carboxylic acids is 1. The molecule has 3 heteroatoms. The topological polar surface area (TPSA) is 57.5 Å². The van der Waals surface area contributed by atoms with Gasteiger partial charge in [0.15, 0.2) is 0 Å². The van der Waals surface area contributed by atoms with Gasteiger partial charge >= 0.3 is 0 Å². The molecular weight excluding hydrogens is 96.0 g/mol. The SMILES string of the molecule is O=CCC(O)CO. The Balaban J connectivity index is 2.98. The highest BCUT2D eigenvalue weighted by molar-refractivity contribution is 5.49. The molecule has 0 fully saturated rings. The van der Waals surface area contributed by atoms with Crippen molar-refractivity contribution in [3.05, 3.63) is 0 Å². The van der Waals surface area contributed by atoms with Crippen LogP contribution in [0.15, 0.2) is 0 Å². The van der Waals surface area contributed by atoms with Crippen LogP contribution in [0.1, 0.15) is 6.42 Å². The molecule has 1 unspecified atom stereocenters. The van der Waals surface area contributed by atoms with Crippen molar-refractivity contribution in [3.8, 4) is 0 Å². The monoisotopic (exact) mass is 104 g/mol. The van der Waals surface area contributed by atoms with E-state index in [4.69, 9.17) is 10.2 Å². The van der Waals surface area contributed by atoms with E-state index < -0.39 is 6.10 Å². The molecule has 0 aromatic carbocycles. The zero-order chi connectivity index (χ0) is 5.70. The third kappa shape index (κ3) is 3.42. The second-order valence-corrected chi connectivity index (χ2v) is 1.24. The highest BCUT2D eigenvalue weighted by atomic mass is 16.3. The molecule has 0 bridgehead atoms. The van der Waals surface area contributed by atoms with E-state index in [0.29, 0.717) is 6.29 Å². The number of rotatable bonds is 3. The third-order valence-electron chi connectivity index (χ3n) is 0.579. The van der Waals surface area contributed by atoms with E-state index in [1.165, 1.54) is 0 Å². The fourth-order valence-electron chi connectivity index (χ4n) is 0.186. The highest BCUT2D eigenvalue weighted by Crippen LogP contribution is 1.81. The zero-order valence-electron chi connectivity index (χ0n) is 3.87. The van der Waals surface area contributed by atoms with Crippen LogP contribution in [0.5, 0.6) is 0 Å². The van der Waals surface area contributed by atoms with Gasteiger partial charge < -0.3 is 15.0 Å². The molecule has 7 heavy (non-hydrogen) atoms. The Morgan fingerprint density at radius 3 is 2.43 bits per heavy atom. The maximum Gasteiger partial charge on any atom is 0.122 e. The van der Waals surface area contributed by atoms with Gasteiger partial charge in [0, 0.05) is 6.42 Å². The number of aliphatic hydroxyl groups is 2. The molecule has 1 atom stereocenters. The summed E-state index contributed by atoms with van der Waals surface area (Å²) >= 11 is 0. The molecule has 0 saturated heterocycles. The fourth-order valence-corrected chi connectivity index (χ4v) is 0.186. The lowest BCUT2D eigenvalue weighted by Gasteiger charge is -1.96. The molecule has 0 aliphatic rings. The van der Waals surface area contributed by atoms with Crippen LogP contribution < -0.4 is 0 Å². The van der Waals surface area contributed by atoms with E-state index in [0.717, 1.165) is 0 Å². The number of carbonyl (C=O) groups is 1. The van der Waals surface area contributed by atoms with E-state index in [1.54, 1.807) is 0 Å². The summed E-state index contributed by atoms with van der Waals surface area (Å²) in [6, 6.07) is 0. The van der Waals surface area contributed by atoms with Crippen LogP contribution >= 0.6 is 0 Å². The Labute approximate surface area is 41.6 Å². The van der Waals surface area contributed by atoms with Crippen molar-refractivity contribution in [3.63, 3.8) is 0 Å². The second kappa shape index (κ2) is 3.77. The van der Waals surface area contributed by atoms with Gasteiger partial charge in [-0.15, -0.1) is 0 Å². The summed E-state index contributed by atoms with van der Waals surface area (Å²) in [5, 5.41) is 16.4. The van der Waals surface area contributed by atoms with Crippen molar-refractivity contribution in [2.45, 2.75) is 12.5 Å². The van der Waals surface area contributed by atoms with Gasteiger partial charge in [0.05, 0.1) is 12.7 Å². The highest BCUT2D eigenvalue weighted by Gasteiger charge is 1.96. The van der Waals surface area contributed by atoms with Crippen LogP contribution in [0.25, 0.3) is 0 Å². The quantitative estimate of drug-likeness (QED) is 0.448. The van der Waals surface area contributed by atoms with Crippen molar-refractivity contribution in [2.24, 2.45) is 0 Å². The van der Waals surface area contributed by atoms with Crippen molar-refractivity contribution in [2.75, 3.05) is 6.61 Å². The van der Waals surface area contributed by atoms with Crippen LogP contribution in [0.4, 0.5) is 0 Å². The maximum atomic E-state index is 9.50. The number of hydrogen-bond acceptors (Lipinski definition) is 3. The molecule has 0 aromatic heterocycles. The fraction of sp³-hybridized carbons (Fsp3) is 0.750. The van der Waals surface area contributed by atoms with Crippen molar-refractivity contribution in [1.82, 2.24) is 0 Å². The van der Waals surface area contributed by atoms with Crippen molar-refractivity contribution in [1.29, 1.82) is 0 Å². The molecule has 0 radical (unpaired) electrons. The Bertz CT molecular complexity index is 52.9.